The van der Waals surface area contributed by atoms with Crippen LogP contribution in [-0.2, 0) is 7.05 Å². The molecule has 1 N–H and O–H groups in total. The number of nitrogens with one attached hydrogen (secondary N) is 1. The fourth-order valence-electron chi connectivity index (χ4n) is 2.52. The molecule has 0 fully saturated rings. The summed E-state index contributed by atoms with van der Waals surface area (Å²) < 4.78 is 7.93. The van der Waals surface area contributed by atoms with Gasteiger partial charge in [-0.3, -0.25) is 9.78 Å². The van der Waals surface area contributed by atoms with Gasteiger partial charge in [-0.15, -0.1) is 0 Å². The predicted octanol–water partition coefficient (Wildman–Crippen LogP) is 3.11. The third-order valence-corrected chi connectivity index (χ3v) is 4.22. The van der Waals surface area contributed by atoms with Crippen LogP contribution >= 0.6 is 15.9 Å². The highest BCUT2D eigenvalue weighted by atomic mass is 79.9. The van der Waals surface area contributed by atoms with Crippen LogP contribution in [0, 0.1) is 0 Å². The van der Waals surface area contributed by atoms with Gasteiger partial charge in [0.1, 0.15) is 17.6 Å². The second-order valence-corrected chi connectivity index (χ2v) is 6.39. The zero-order chi connectivity index (χ0) is 17.8. The molecule has 0 aliphatic rings. The summed E-state index contributed by atoms with van der Waals surface area (Å²) >= 11 is 3.34. The van der Waals surface area contributed by atoms with Crippen molar-refractivity contribution in [1.82, 2.24) is 19.9 Å². The molecule has 3 aromatic rings. The van der Waals surface area contributed by atoms with Crippen molar-refractivity contribution in [3.05, 3.63) is 76.5 Å². The molecule has 1 unspecified atom stereocenters. The lowest BCUT2D eigenvalue weighted by atomic mass is 10.0. The Balaban J connectivity index is 1.97. The van der Waals surface area contributed by atoms with Gasteiger partial charge in [0.15, 0.2) is 0 Å². The van der Waals surface area contributed by atoms with E-state index in [4.69, 9.17) is 4.74 Å². The van der Waals surface area contributed by atoms with Crippen LogP contribution in [0.5, 0.6) is 5.75 Å². The number of hydrogen-bond acceptors (Lipinski definition) is 4. The number of carbonyl (C=O) groups excluding carboxylic acids is 1. The fourth-order valence-corrected chi connectivity index (χ4v) is 2.89. The van der Waals surface area contributed by atoms with E-state index in [9.17, 15) is 4.79 Å². The lowest BCUT2D eigenvalue weighted by Gasteiger charge is -2.19. The second kappa shape index (κ2) is 7.48. The van der Waals surface area contributed by atoms with Crippen LogP contribution in [0.1, 0.15) is 27.8 Å². The number of rotatable bonds is 5. The zero-order valence-corrected chi connectivity index (χ0v) is 15.4. The number of amides is 1. The highest BCUT2D eigenvalue weighted by Gasteiger charge is 2.22. The molecule has 2 aromatic heterocycles. The first-order valence-electron chi connectivity index (χ1n) is 7.61. The van der Waals surface area contributed by atoms with Crippen molar-refractivity contribution < 1.29 is 9.53 Å². The number of ether oxygens (including phenoxy) is 1. The Morgan fingerprint density at radius 1 is 1.32 bits per heavy atom. The van der Waals surface area contributed by atoms with Crippen molar-refractivity contribution in [2.45, 2.75) is 6.04 Å². The molecular formula is C18H17BrN4O2. The molecule has 0 saturated carbocycles. The highest BCUT2D eigenvalue weighted by Crippen LogP contribution is 2.24. The molecule has 2 heterocycles. The van der Waals surface area contributed by atoms with Gasteiger partial charge in [-0.1, -0.05) is 12.1 Å². The Bertz CT molecular complexity index is 894. The smallest absolute Gasteiger partial charge is 0.253 e. The Labute approximate surface area is 154 Å². The molecule has 0 bridgehead atoms. The minimum Gasteiger partial charge on any atom is -0.497 e. The van der Waals surface area contributed by atoms with Gasteiger partial charge in [-0.2, -0.15) is 0 Å². The summed E-state index contributed by atoms with van der Waals surface area (Å²) in [7, 11) is 3.50. The monoisotopic (exact) mass is 400 g/mol. The number of imidazole rings is 1. The normalized spacial score (nSPS) is 11.8. The molecular weight excluding hydrogens is 384 g/mol. The minimum atomic E-state index is -0.415. The number of nitrogens with zero attached hydrogens (tertiary/aromatic N) is 3. The molecule has 1 amide bonds. The zero-order valence-electron chi connectivity index (χ0n) is 13.8. The molecule has 3 rings (SSSR count). The Morgan fingerprint density at radius 2 is 2.16 bits per heavy atom. The number of methoxy groups -OCH3 is 1. The maximum atomic E-state index is 12.7. The maximum absolute atomic E-state index is 12.7. The minimum absolute atomic E-state index is 0.232. The average molecular weight is 401 g/mol. The number of aryl methyl sites for hydroxylation is 1. The summed E-state index contributed by atoms with van der Waals surface area (Å²) in [6, 6.07) is 8.88. The number of aromatic nitrogens is 3. The van der Waals surface area contributed by atoms with Gasteiger partial charge in [0, 0.05) is 36.3 Å². The largest absolute Gasteiger partial charge is 0.497 e. The molecule has 6 nitrogen and oxygen atoms in total. The van der Waals surface area contributed by atoms with Gasteiger partial charge in [0.2, 0.25) is 0 Å². The lowest BCUT2D eigenvalue weighted by Crippen LogP contribution is -2.31. The van der Waals surface area contributed by atoms with Crippen LogP contribution in [0.15, 0.2) is 59.6 Å². The van der Waals surface area contributed by atoms with Gasteiger partial charge < -0.3 is 14.6 Å². The molecule has 0 aliphatic carbocycles. The number of pyridine rings is 1. The van der Waals surface area contributed by atoms with E-state index >= 15 is 0 Å². The number of halogens is 1. The van der Waals surface area contributed by atoms with E-state index in [0.717, 1.165) is 21.6 Å². The molecule has 0 aliphatic heterocycles. The van der Waals surface area contributed by atoms with Crippen LogP contribution in [0.3, 0.4) is 0 Å². The summed E-state index contributed by atoms with van der Waals surface area (Å²) in [5, 5.41) is 3.03. The van der Waals surface area contributed by atoms with E-state index in [1.165, 1.54) is 6.20 Å². The van der Waals surface area contributed by atoms with Gasteiger partial charge in [0.25, 0.3) is 5.91 Å². The summed E-state index contributed by atoms with van der Waals surface area (Å²) in [6.45, 7) is 0. The quantitative estimate of drug-likeness (QED) is 0.714. The molecule has 25 heavy (non-hydrogen) atoms. The highest BCUT2D eigenvalue weighted by molar-refractivity contribution is 9.10. The summed E-state index contributed by atoms with van der Waals surface area (Å²) in [6.07, 6.45) is 6.71. The van der Waals surface area contributed by atoms with E-state index in [1.807, 2.05) is 42.1 Å². The van der Waals surface area contributed by atoms with Gasteiger partial charge in [-0.25, -0.2) is 4.98 Å². The predicted molar refractivity (Wildman–Crippen MR) is 97.4 cm³/mol. The first kappa shape index (κ1) is 17.2. The second-order valence-electron chi connectivity index (χ2n) is 5.47. The summed E-state index contributed by atoms with van der Waals surface area (Å²) in [5.41, 5.74) is 1.35. The van der Waals surface area contributed by atoms with Crippen LogP contribution < -0.4 is 10.1 Å². The van der Waals surface area contributed by atoms with E-state index in [0.29, 0.717) is 5.56 Å². The molecule has 0 saturated heterocycles. The van der Waals surface area contributed by atoms with Crippen molar-refractivity contribution in [2.75, 3.05) is 7.11 Å². The fraction of sp³-hybridized carbons (Fsp3) is 0.167. The van der Waals surface area contributed by atoms with Crippen molar-refractivity contribution in [1.29, 1.82) is 0 Å². The van der Waals surface area contributed by atoms with Crippen molar-refractivity contribution >= 4 is 21.8 Å². The summed E-state index contributed by atoms with van der Waals surface area (Å²) in [5.74, 6) is 1.21. The molecule has 0 spiro atoms. The Kier molecular flexibility index (Phi) is 5.14. The SMILES string of the molecule is COc1cccc(C(NC(=O)c2cncc(Br)c2)c2nccn2C)c1. The number of hydrogen-bond donors (Lipinski definition) is 1. The number of carbonyl (C=O) groups is 1. The molecule has 7 heteroatoms. The van der Waals surface area contributed by atoms with Gasteiger partial charge >= 0.3 is 0 Å². The third kappa shape index (κ3) is 3.88. The van der Waals surface area contributed by atoms with Crippen LogP contribution in [0.25, 0.3) is 0 Å². The van der Waals surface area contributed by atoms with Crippen molar-refractivity contribution in [3.63, 3.8) is 0 Å². The molecule has 0 radical (unpaired) electrons. The third-order valence-electron chi connectivity index (χ3n) is 3.79. The Morgan fingerprint density at radius 3 is 2.84 bits per heavy atom. The van der Waals surface area contributed by atoms with E-state index in [-0.39, 0.29) is 5.91 Å². The van der Waals surface area contributed by atoms with Crippen LogP contribution in [-0.4, -0.2) is 27.6 Å². The van der Waals surface area contributed by atoms with E-state index in [1.54, 1.807) is 25.6 Å². The topological polar surface area (TPSA) is 69.0 Å². The maximum Gasteiger partial charge on any atom is 0.253 e. The van der Waals surface area contributed by atoms with Crippen LogP contribution in [0.2, 0.25) is 0 Å². The van der Waals surface area contributed by atoms with Gasteiger partial charge in [0.05, 0.1) is 12.7 Å². The summed E-state index contributed by atoms with van der Waals surface area (Å²) in [4.78, 5) is 21.1. The van der Waals surface area contributed by atoms with Crippen molar-refractivity contribution in [2.24, 2.45) is 7.05 Å². The van der Waals surface area contributed by atoms with Gasteiger partial charge in [-0.05, 0) is 39.7 Å². The first-order valence-corrected chi connectivity index (χ1v) is 8.40. The first-order chi connectivity index (χ1) is 12.1. The van der Waals surface area contributed by atoms with Crippen molar-refractivity contribution in [3.8, 4) is 5.75 Å². The van der Waals surface area contributed by atoms with E-state index < -0.39 is 6.04 Å². The standard InChI is InChI=1S/C18H17BrN4O2/c1-23-7-6-21-17(23)16(12-4-3-5-15(9-12)25-2)22-18(24)13-8-14(19)11-20-10-13/h3-11,16H,1-2H3,(H,22,24). The molecule has 1 aromatic carbocycles. The lowest BCUT2D eigenvalue weighted by molar-refractivity contribution is 0.0940. The Hall–Kier alpha value is -2.67. The van der Waals surface area contributed by atoms with E-state index in [2.05, 4.69) is 31.2 Å². The van der Waals surface area contributed by atoms with Crippen LogP contribution in [0.4, 0.5) is 0 Å². The molecule has 1 atom stereocenters. The average Bonchev–Trinajstić information content (AvgIpc) is 3.05. The molecule has 128 valence electrons. The number of benzene rings is 1.